The van der Waals surface area contributed by atoms with E-state index in [1.54, 1.807) is 26.8 Å². The predicted molar refractivity (Wildman–Crippen MR) is 82.6 cm³/mol. The zero-order valence-electron chi connectivity index (χ0n) is 12.9. The van der Waals surface area contributed by atoms with Gasteiger partial charge in [0, 0.05) is 17.5 Å². The molecule has 22 heavy (non-hydrogen) atoms. The van der Waals surface area contributed by atoms with Gasteiger partial charge in [-0.1, -0.05) is 11.2 Å². The molecule has 0 saturated carbocycles. The molecule has 1 aromatic carbocycles. The van der Waals surface area contributed by atoms with E-state index in [2.05, 4.69) is 10.5 Å². The Hall–Kier alpha value is -2.15. The number of nitrogens with zero attached hydrogens (tertiary/aromatic N) is 1. The Morgan fingerprint density at radius 3 is 2.50 bits per heavy atom. The van der Waals surface area contributed by atoms with Gasteiger partial charge < -0.3 is 9.84 Å². The molecule has 0 unspecified atom stereocenters. The van der Waals surface area contributed by atoms with Crippen LogP contribution in [0.3, 0.4) is 0 Å². The van der Waals surface area contributed by atoms with Crippen molar-refractivity contribution in [3.05, 3.63) is 40.8 Å². The van der Waals surface area contributed by atoms with Gasteiger partial charge in [0.05, 0.1) is 17.0 Å². The molecule has 0 saturated heterocycles. The van der Waals surface area contributed by atoms with E-state index in [9.17, 15) is 13.2 Å². The zero-order chi connectivity index (χ0) is 16.5. The summed E-state index contributed by atoms with van der Waals surface area (Å²) in [7, 11) is -3.32. The molecule has 1 aromatic heterocycles. The van der Waals surface area contributed by atoms with Gasteiger partial charge in [0.25, 0.3) is 0 Å². The largest absolute Gasteiger partial charge is 0.361 e. The van der Waals surface area contributed by atoms with Crippen molar-refractivity contribution < 1.29 is 17.7 Å². The number of hydrogen-bond donors (Lipinski definition) is 1. The number of rotatable bonds is 4. The summed E-state index contributed by atoms with van der Waals surface area (Å²) in [5.41, 5.74) is 2.70. The molecule has 0 radical (unpaired) electrons. The number of anilines is 1. The van der Waals surface area contributed by atoms with Crippen LogP contribution in [0.4, 0.5) is 5.69 Å². The summed E-state index contributed by atoms with van der Waals surface area (Å²) in [4.78, 5) is 12.3. The summed E-state index contributed by atoms with van der Waals surface area (Å²) in [6, 6.07) is 4.66. The summed E-state index contributed by atoms with van der Waals surface area (Å²) in [5.74, 6) is 0.359. The minimum absolute atomic E-state index is 0.129. The lowest BCUT2D eigenvalue weighted by molar-refractivity contribution is -0.115. The first-order valence-electron chi connectivity index (χ1n) is 6.71. The van der Waals surface area contributed by atoms with E-state index < -0.39 is 9.84 Å². The predicted octanol–water partition coefficient (Wildman–Crippen LogP) is 2.18. The molecule has 0 spiro atoms. The Bertz CT molecular complexity index is 803. The van der Waals surface area contributed by atoms with E-state index >= 15 is 0 Å². The average molecular weight is 322 g/mol. The molecule has 0 fully saturated rings. The van der Waals surface area contributed by atoms with Gasteiger partial charge in [0.15, 0.2) is 9.84 Å². The number of benzene rings is 1. The smallest absolute Gasteiger partial charge is 0.229 e. The standard InChI is InChI=1S/C15H18N2O4S/c1-9-5-6-12(22(4,19)20)7-14(9)16-15(18)8-13-10(2)17-21-11(13)3/h5-7H,8H2,1-4H3,(H,16,18). The maximum Gasteiger partial charge on any atom is 0.229 e. The number of carbonyl (C=O) groups excluding carboxylic acids is 1. The Kier molecular flexibility index (Phi) is 4.37. The molecule has 1 amide bonds. The monoisotopic (exact) mass is 322 g/mol. The number of carbonyl (C=O) groups is 1. The van der Waals surface area contributed by atoms with E-state index in [-0.39, 0.29) is 17.2 Å². The first-order chi connectivity index (χ1) is 10.2. The van der Waals surface area contributed by atoms with Crippen LogP contribution < -0.4 is 5.32 Å². The fraction of sp³-hybridized carbons (Fsp3) is 0.333. The van der Waals surface area contributed by atoms with Gasteiger partial charge in [-0.25, -0.2) is 8.42 Å². The van der Waals surface area contributed by atoms with Gasteiger partial charge in [0.2, 0.25) is 5.91 Å². The lowest BCUT2D eigenvalue weighted by Gasteiger charge is -2.10. The fourth-order valence-electron chi connectivity index (χ4n) is 2.08. The molecule has 1 heterocycles. The van der Waals surface area contributed by atoms with Crippen molar-refractivity contribution in [3.8, 4) is 0 Å². The molecule has 2 rings (SSSR count). The number of nitrogens with one attached hydrogen (secondary N) is 1. The van der Waals surface area contributed by atoms with Crippen molar-refractivity contribution in [2.24, 2.45) is 0 Å². The van der Waals surface area contributed by atoms with Gasteiger partial charge in [-0.2, -0.15) is 0 Å². The fourth-order valence-corrected chi connectivity index (χ4v) is 2.72. The number of sulfone groups is 1. The maximum absolute atomic E-state index is 12.2. The van der Waals surface area contributed by atoms with Gasteiger partial charge in [0.1, 0.15) is 5.76 Å². The molecule has 2 aromatic rings. The first kappa shape index (κ1) is 16.2. The molecule has 0 aliphatic rings. The van der Waals surface area contributed by atoms with E-state index in [1.165, 1.54) is 12.1 Å². The van der Waals surface area contributed by atoms with Crippen molar-refractivity contribution in [1.82, 2.24) is 5.16 Å². The summed E-state index contributed by atoms with van der Waals surface area (Å²) < 4.78 is 28.2. The quantitative estimate of drug-likeness (QED) is 0.932. The average Bonchev–Trinajstić information content (AvgIpc) is 2.72. The van der Waals surface area contributed by atoms with Crippen molar-refractivity contribution in [3.63, 3.8) is 0 Å². The SMILES string of the molecule is Cc1ccc(S(C)(=O)=O)cc1NC(=O)Cc1c(C)noc1C. The summed E-state index contributed by atoms with van der Waals surface area (Å²) in [6.07, 6.45) is 1.26. The molecule has 0 aliphatic heterocycles. The molecule has 1 N–H and O–H groups in total. The summed E-state index contributed by atoms with van der Waals surface area (Å²) >= 11 is 0. The van der Waals surface area contributed by atoms with E-state index in [0.717, 1.165) is 17.4 Å². The second kappa shape index (κ2) is 5.92. The number of hydrogen-bond acceptors (Lipinski definition) is 5. The van der Waals surface area contributed by atoms with Crippen LogP contribution in [0, 0.1) is 20.8 Å². The van der Waals surface area contributed by atoms with Gasteiger partial charge in [-0.05, 0) is 38.5 Å². The highest BCUT2D eigenvalue weighted by Gasteiger charge is 2.15. The van der Waals surface area contributed by atoms with Crippen LogP contribution in [-0.4, -0.2) is 25.7 Å². The lowest BCUT2D eigenvalue weighted by Crippen LogP contribution is -2.16. The van der Waals surface area contributed by atoms with E-state index in [4.69, 9.17) is 4.52 Å². The molecule has 0 atom stereocenters. The molecule has 6 nitrogen and oxygen atoms in total. The third kappa shape index (κ3) is 3.54. The Labute approximate surface area is 129 Å². The number of aryl methyl sites for hydroxylation is 3. The van der Waals surface area contributed by atoms with Crippen LogP contribution in [0.15, 0.2) is 27.6 Å². The Morgan fingerprint density at radius 2 is 1.95 bits per heavy atom. The Morgan fingerprint density at radius 1 is 1.27 bits per heavy atom. The highest BCUT2D eigenvalue weighted by Crippen LogP contribution is 2.21. The molecular weight excluding hydrogens is 304 g/mol. The summed E-state index contributed by atoms with van der Waals surface area (Å²) in [6.45, 7) is 5.32. The van der Waals surface area contributed by atoms with Crippen LogP contribution in [0.5, 0.6) is 0 Å². The zero-order valence-corrected chi connectivity index (χ0v) is 13.7. The molecule has 0 bridgehead atoms. The highest BCUT2D eigenvalue weighted by molar-refractivity contribution is 7.90. The molecule has 118 valence electrons. The topological polar surface area (TPSA) is 89.3 Å². The number of amides is 1. The van der Waals surface area contributed by atoms with E-state index in [1.807, 2.05) is 0 Å². The van der Waals surface area contributed by atoms with Crippen LogP contribution in [0.2, 0.25) is 0 Å². The second-order valence-electron chi connectivity index (χ2n) is 5.28. The first-order valence-corrected chi connectivity index (χ1v) is 8.60. The van der Waals surface area contributed by atoms with E-state index in [0.29, 0.717) is 17.1 Å². The normalized spacial score (nSPS) is 11.5. The minimum atomic E-state index is -3.32. The highest BCUT2D eigenvalue weighted by atomic mass is 32.2. The van der Waals surface area contributed by atoms with Gasteiger partial charge in [-0.3, -0.25) is 4.79 Å². The third-order valence-corrected chi connectivity index (χ3v) is 4.54. The van der Waals surface area contributed by atoms with Crippen LogP contribution >= 0.6 is 0 Å². The number of aromatic nitrogens is 1. The molecule has 7 heteroatoms. The second-order valence-corrected chi connectivity index (χ2v) is 7.29. The third-order valence-electron chi connectivity index (χ3n) is 3.43. The van der Waals surface area contributed by atoms with Crippen LogP contribution in [0.25, 0.3) is 0 Å². The molecule has 0 aliphatic carbocycles. The lowest BCUT2D eigenvalue weighted by atomic mass is 10.1. The molecular formula is C15H18N2O4S. The van der Waals surface area contributed by atoms with Crippen LogP contribution in [-0.2, 0) is 21.1 Å². The van der Waals surface area contributed by atoms with Crippen molar-refractivity contribution in [1.29, 1.82) is 0 Å². The van der Waals surface area contributed by atoms with Crippen molar-refractivity contribution >= 4 is 21.4 Å². The van der Waals surface area contributed by atoms with Crippen molar-refractivity contribution in [2.75, 3.05) is 11.6 Å². The minimum Gasteiger partial charge on any atom is -0.361 e. The maximum atomic E-state index is 12.2. The summed E-state index contributed by atoms with van der Waals surface area (Å²) in [5, 5.41) is 6.55. The van der Waals surface area contributed by atoms with Gasteiger partial charge >= 0.3 is 0 Å². The van der Waals surface area contributed by atoms with Crippen molar-refractivity contribution in [2.45, 2.75) is 32.1 Å². The van der Waals surface area contributed by atoms with Crippen LogP contribution in [0.1, 0.15) is 22.6 Å². The Balaban J connectivity index is 2.22. The van der Waals surface area contributed by atoms with Gasteiger partial charge in [-0.15, -0.1) is 0 Å².